The third kappa shape index (κ3) is 3.63. The quantitative estimate of drug-likeness (QED) is 0.879. The molecule has 1 aromatic carbocycles. The molecule has 2 N–H and O–H groups in total. The van der Waals surface area contributed by atoms with Gasteiger partial charge >= 0.3 is 5.97 Å². The average molecular weight is 315 g/mol. The minimum absolute atomic E-state index is 0.0245. The molecule has 2 aromatic rings. The number of ether oxygens (including phenoxy) is 1. The summed E-state index contributed by atoms with van der Waals surface area (Å²) in [5.74, 6) is -1.22. The highest BCUT2D eigenvalue weighted by atomic mass is 16.5. The zero-order valence-electron chi connectivity index (χ0n) is 13.0. The van der Waals surface area contributed by atoms with Crippen LogP contribution in [0.3, 0.4) is 0 Å². The molecule has 0 bridgehead atoms. The van der Waals surface area contributed by atoms with E-state index in [1.54, 1.807) is 0 Å². The summed E-state index contributed by atoms with van der Waals surface area (Å²) in [5.41, 5.74) is 1.47. The van der Waals surface area contributed by atoms with E-state index in [0.29, 0.717) is 16.9 Å². The molecule has 0 aliphatic rings. The van der Waals surface area contributed by atoms with Crippen molar-refractivity contribution in [3.05, 3.63) is 47.5 Å². The van der Waals surface area contributed by atoms with Gasteiger partial charge < -0.3 is 15.2 Å². The van der Waals surface area contributed by atoms with Crippen LogP contribution >= 0.6 is 0 Å². The van der Waals surface area contributed by atoms with Gasteiger partial charge in [-0.15, -0.1) is 0 Å². The molecule has 0 unspecified atom stereocenters. The number of hydrogen-bond acceptors (Lipinski definition) is 5. The lowest BCUT2D eigenvalue weighted by atomic mass is 10.0. The highest BCUT2D eigenvalue weighted by Gasteiger charge is 2.17. The normalized spacial score (nSPS) is 10.4. The first-order valence-electron chi connectivity index (χ1n) is 6.96. The van der Waals surface area contributed by atoms with Crippen LogP contribution in [0.15, 0.2) is 30.7 Å². The van der Waals surface area contributed by atoms with E-state index in [9.17, 15) is 9.59 Å². The summed E-state index contributed by atoms with van der Waals surface area (Å²) in [4.78, 5) is 31.5. The van der Waals surface area contributed by atoms with Crippen LogP contribution in [0.25, 0.3) is 0 Å². The van der Waals surface area contributed by atoms with Gasteiger partial charge in [-0.3, -0.25) is 4.79 Å². The summed E-state index contributed by atoms with van der Waals surface area (Å²) >= 11 is 0. The van der Waals surface area contributed by atoms with Gasteiger partial charge in [0.25, 0.3) is 5.91 Å². The van der Waals surface area contributed by atoms with Crippen molar-refractivity contribution in [1.29, 1.82) is 0 Å². The maximum Gasteiger partial charge on any atom is 0.339 e. The van der Waals surface area contributed by atoms with Crippen molar-refractivity contribution >= 4 is 17.6 Å². The van der Waals surface area contributed by atoms with E-state index < -0.39 is 5.97 Å². The Kier molecular flexibility index (Phi) is 4.90. The van der Waals surface area contributed by atoms with Gasteiger partial charge in [-0.05, 0) is 18.1 Å². The molecule has 0 radical (unpaired) electrons. The van der Waals surface area contributed by atoms with Crippen molar-refractivity contribution in [1.82, 2.24) is 9.97 Å². The number of anilines is 1. The Morgan fingerprint density at radius 3 is 2.61 bits per heavy atom. The van der Waals surface area contributed by atoms with Gasteiger partial charge in [0.05, 0.1) is 18.4 Å². The Hall–Kier alpha value is -2.96. The first-order chi connectivity index (χ1) is 10.9. The topological polar surface area (TPSA) is 101 Å². The number of nitrogens with zero attached hydrogens (tertiary/aromatic N) is 2. The van der Waals surface area contributed by atoms with Crippen LogP contribution in [0, 0.1) is 0 Å². The van der Waals surface area contributed by atoms with Crippen LogP contribution in [0.1, 0.15) is 46.2 Å². The van der Waals surface area contributed by atoms with E-state index in [1.807, 2.05) is 13.8 Å². The SMILES string of the molecule is COc1cc(NC(=O)c2cncnc2C(C)C)ccc1C(=O)O. The second-order valence-electron chi connectivity index (χ2n) is 5.15. The van der Waals surface area contributed by atoms with E-state index in [2.05, 4.69) is 15.3 Å². The molecule has 0 saturated carbocycles. The van der Waals surface area contributed by atoms with Crippen LogP contribution in [-0.2, 0) is 0 Å². The number of carboxylic acid groups (broad SMARTS) is 1. The van der Waals surface area contributed by atoms with Crippen LogP contribution in [0.5, 0.6) is 5.75 Å². The molecular weight excluding hydrogens is 298 g/mol. The number of nitrogens with one attached hydrogen (secondary N) is 1. The van der Waals surface area contributed by atoms with Crippen molar-refractivity contribution < 1.29 is 19.4 Å². The molecule has 1 amide bonds. The van der Waals surface area contributed by atoms with Gasteiger partial charge in [-0.25, -0.2) is 14.8 Å². The van der Waals surface area contributed by atoms with Crippen LogP contribution in [0.2, 0.25) is 0 Å². The zero-order chi connectivity index (χ0) is 17.0. The Labute approximate surface area is 133 Å². The van der Waals surface area contributed by atoms with E-state index in [-0.39, 0.29) is 23.1 Å². The van der Waals surface area contributed by atoms with Gasteiger partial charge in [-0.1, -0.05) is 13.8 Å². The van der Waals surface area contributed by atoms with Gasteiger partial charge in [-0.2, -0.15) is 0 Å². The molecule has 0 fully saturated rings. The molecule has 1 aromatic heterocycles. The number of hydrogen-bond donors (Lipinski definition) is 2. The second kappa shape index (κ2) is 6.87. The lowest BCUT2D eigenvalue weighted by molar-refractivity contribution is 0.0693. The molecule has 7 heteroatoms. The largest absolute Gasteiger partial charge is 0.496 e. The molecule has 0 aliphatic carbocycles. The molecule has 120 valence electrons. The summed E-state index contributed by atoms with van der Waals surface area (Å²) in [6.07, 6.45) is 2.86. The predicted molar refractivity (Wildman–Crippen MR) is 84.0 cm³/mol. The number of carbonyl (C=O) groups excluding carboxylic acids is 1. The third-order valence-corrected chi connectivity index (χ3v) is 3.22. The fraction of sp³-hybridized carbons (Fsp3) is 0.250. The van der Waals surface area contributed by atoms with E-state index in [1.165, 1.54) is 37.8 Å². The fourth-order valence-electron chi connectivity index (χ4n) is 2.12. The minimum atomic E-state index is -1.10. The van der Waals surface area contributed by atoms with Crippen molar-refractivity contribution in [3.8, 4) is 5.75 Å². The third-order valence-electron chi connectivity index (χ3n) is 3.22. The first-order valence-corrected chi connectivity index (χ1v) is 6.96. The number of benzene rings is 1. The summed E-state index contributed by atoms with van der Waals surface area (Å²) in [5, 5.41) is 11.8. The molecular formula is C16H17N3O4. The molecule has 23 heavy (non-hydrogen) atoms. The number of methoxy groups -OCH3 is 1. The maximum absolute atomic E-state index is 12.4. The Morgan fingerprint density at radius 2 is 2.00 bits per heavy atom. The van der Waals surface area contributed by atoms with Crippen molar-refractivity contribution in [2.45, 2.75) is 19.8 Å². The number of aromatic carboxylic acids is 1. The molecule has 7 nitrogen and oxygen atoms in total. The highest BCUT2D eigenvalue weighted by Crippen LogP contribution is 2.24. The highest BCUT2D eigenvalue weighted by molar-refractivity contribution is 6.05. The Bertz CT molecular complexity index is 744. The minimum Gasteiger partial charge on any atom is -0.496 e. The molecule has 0 saturated heterocycles. The van der Waals surface area contributed by atoms with Crippen LogP contribution in [0.4, 0.5) is 5.69 Å². The summed E-state index contributed by atoms with van der Waals surface area (Å²) in [6, 6.07) is 4.34. The van der Waals surface area contributed by atoms with Gasteiger partial charge in [0.15, 0.2) is 0 Å². The van der Waals surface area contributed by atoms with Gasteiger partial charge in [0, 0.05) is 18.0 Å². The van der Waals surface area contributed by atoms with Crippen LogP contribution in [-0.4, -0.2) is 34.1 Å². The Morgan fingerprint density at radius 1 is 1.26 bits per heavy atom. The molecule has 1 heterocycles. The van der Waals surface area contributed by atoms with Crippen molar-refractivity contribution in [3.63, 3.8) is 0 Å². The number of aromatic nitrogens is 2. The van der Waals surface area contributed by atoms with Crippen LogP contribution < -0.4 is 10.1 Å². The number of carbonyl (C=O) groups is 2. The molecule has 0 atom stereocenters. The summed E-state index contributed by atoms with van der Waals surface area (Å²) in [7, 11) is 1.37. The first kappa shape index (κ1) is 16.4. The number of carboxylic acids is 1. The number of rotatable bonds is 5. The zero-order valence-corrected chi connectivity index (χ0v) is 13.0. The summed E-state index contributed by atoms with van der Waals surface area (Å²) < 4.78 is 5.04. The fourth-order valence-corrected chi connectivity index (χ4v) is 2.12. The molecule has 2 rings (SSSR count). The maximum atomic E-state index is 12.4. The second-order valence-corrected chi connectivity index (χ2v) is 5.15. The van der Waals surface area contributed by atoms with Crippen molar-refractivity contribution in [2.24, 2.45) is 0 Å². The predicted octanol–water partition coefficient (Wildman–Crippen LogP) is 2.56. The van der Waals surface area contributed by atoms with E-state index in [4.69, 9.17) is 9.84 Å². The smallest absolute Gasteiger partial charge is 0.339 e. The summed E-state index contributed by atoms with van der Waals surface area (Å²) in [6.45, 7) is 3.87. The average Bonchev–Trinajstić information content (AvgIpc) is 2.54. The number of amides is 1. The lowest BCUT2D eigenvalue weighted by Gasteiger charge is -2.12. The standard InChI is InChI=1S/C16H17N3O4/c1-9(2)14-12(7-17-8-18-14)15(20)19-10-4-5-11(16(21)22)13(6-10)23-3/h4-9H,1-3H3,(H,19,20)(H,21,22). The molecule has 0 spiro atoms. The van der Waals surface area contributed by atoms with E-state index in [0.717, 1.165) is 0 Å². The van der Waals surface area contributed by atoms with Gasteiger partial charge in [0.2, 0.25) is 0 Å². The van der Waals surface area contributed by atoms with Crippen molar-refractivity contribution in [2.75, 3.05) is 12.4 Å². The monoisotopic (exact) mass is 315 g/mol. The van der Waals surface area contributed by atoms with E-state index >= 15 is 0 Å². The van der Waals surface area contributed by atoms with Gasteiger partial charge in [0.1, 0.15) is 17.6 Å². The lowest BCUT2D eigenvalue weighted by Crippen LogP contribution is -2.16. The molecule has 0 aliphatic heterocycles. The Balaban J connectivity index is 2.29.